The molecule has 20 heavy (non-hydrogen) atoms. The monoisotopic (exact) mass is 299 g/mol. The van der Waals surface area contributed by atoms with Gasteiger partial charge in [0.25, 0.3) is 0 Å². The maximum atomic E-state index is 12.4. The van der Waals surface area contributed by atoms with Crippen molar-refractivity contribution in [1.82, 2.24) is 4.90 Å². The van der Waals surface area contributed by atoms with E-state index in [0.717, 1.165) is 4.88 Å². The molecule has 0 aliphatic rings. The molecule has 2 N–H and O–H groups in total. The van der Waals surface area contributed by atoms with Gasteiger partial charge in [-0.25, -0.2) is 0 Å². The van der Waals surface area contributed by atoms with Gasteiger partial charge in [0.1, 0.15) is 0 Å². The summed E-state index contributed by atoms with van der Waals surface area (Å²) in [4.78, 5) is 25.8. The molecule has 0 spiro atoms. The smallest absolute Gasteiger partial charge is 0.308 e. The Morgan fingerprint density at radius 2 is 2.15 bits per heavy atom. The molecule has 0 aromatic carbocycles. The first-order valence-corrected chi connectivity index (χ1v) is 7.53. The zero-order chi connectivity index (χ0) is 15.1. The van der Waals surface area contributed by atoms with Crippen molar-refractivity contribution < 1.29 is 19.8 Å². The van der Waals surface area contributed by atoms with Gasteiger partial charge in [-0.15, -0.1) is 11.3 Å². The minimum Gasteiger partial charge on any atom is -0.481 e. The summed E-state index contributed by atoms with van der Waals surface area (Å²) < 4.78 is 0. The van der Waals surface area contributed by atoms with E-state index < -0.39 is 11.9 Å². The number of hydrogen-bond donors (Lipinski definition) is 2. The lowest BCUT2D eigenvalue weighted by molar-refractivity contribution is -0.144. The fourth-order valence-corrected chi connectivity index (χ4v) is 2.64. The van der Waals surface area contributed by atoms with E-state index >= 15 is 0 Å². The molecule has 0 saturated heterocycles. The van der Waals surface area contributed by atoms with Crippen LogP contribution in [0.4, 0.5) is 0 Å². The summed E-state index contributed by atoms with van der Waals surface area (Å²) in [5.74, 6) is -1.73. The van der Waals surface area contributed by atoms with E-state index in [-0.39, 0.29) is 31.5 Å². The number of nitrogens with zero attached hydrogens (tertiary/aromatic N) is 1. The first-order chi connectivity index (χ1) is 9.49. The molecule has 0 aliphatic carbocycles. The first-order valence-electron chi connectivity index (χ1n) is 6.65. The predicted octanol–water partition coefficient (Wildman–Crippen LogP) is 1.61. The van der Waals surface area contributed by atoms with Crippen LogP contribution in [0.15, 0.2) is 17.5 Å². The lowest BCUT2D eigenvalue weighted by Crippen LogP contribution is -2.46. The van der Waals surface area contributed by atoms with Crippen LogP contribution >= 0.6 is 11.3 Å². The van der Waals surface area contributed by atoms with Crippen molar-refractivity contribution in [2.75, 3.05) is 13.2 Å². The Hall–Kier alpha value is -1.40. The van der Waals surface area contributed by atoms with Gasteiger partial charge in [-0.1, -0.05) is 19.9 Å². The molecule has 5 nitrogen and oxygen atoms in total. The van der Waals surface area contributed by atoms with Crippen molar-refractivity contribution in [2.45, 2.75) is 32.7 Å². The summed E-state index contributed by atoms with van der Waals surface area (Å²) >= 11 is 1.49. The highest BCUT2D eigenvalue weighted by molar-refractivity contribution is 7.10. The molecule has 0 saturated carbocycles. The van der Waals surface area contributed by atoms with Crippen molar-refractivity contribution in [3.05, 3.63) is 22.4 Å². The van der Waals surface area contributed by atoms with E-state index in [1.165, 1.54) is 16.2 Å². The Bertz CT molecular complexity index is 428. The van der Waals surface area contributed by atoms with Crippen LogP contribution in [0, 0.1) is 5.92 Å². The first kappa shape index (κ1) is 16.7. The number of rotatable bonds is 8. The highest BCUT2D eigenvalue weighted by Gasteiger charge is 2.26. The van der Waals surface area contributed by atoms with Crippen molar-refractivity contribution in [2.24, 2.45) is 5.92 Å². The predicted molar refractivity (Wildman–Crippen MR) is 77.7 cm³/mol. The van der Waals surface area contributed by atoms with Crippen molar-refractivity contribution >= 4 is 23.2 Å². The average Bonchev–Trinajstić information content (AvgIpc) is 2.91. The second-order valence-corrected chi connectivity index (χ2v) is 5.82. The topological polar surface area (TPSA) is 77.8 Å². The highest BCUT2D eigenvalue weighted by atomic mass is 32.1. The second-order valence-electron chi connectivity index (χ2n) is 4.79. The van der Waals surface area contributed by atoms with Gasteiger partial charge in [0.15, 0.2) is 0 Å². The molecule has 0 aliphatic heterocycles. The molecule has 1 rings (SSSR count). The van der Waals surface area contributed by atoms with Crippen LogP contribution in [0.3, 0.4) is 0 Å². The van der Waals surface area contributed by atoms with Gasteiger partial charge in [0.05, 0.1) is 25.0 Å². The summed E-state index contributed by atoms with van der Waals surface area (Å²) in [6.07, 6.45) is 0.847. The molecule has 0 bridgehead atoms. The lowest BCUT2D eigenvalue weighted by Gasteiger charge is -2.31. The fourth-order valence-electron chi connectivity index (χ4n) is 1.94. The van der Waals surface area contributed by atoms with Gasteiger partial charge in [-0.3, -0.25) is 9.59 Å². The third kappa shape index (κ3) is 4.61. The standard InChI is InChI=1S/C14H21NO4S/c1-3-11(9-16)15(8-10(2)14(18)19)13(17)7-12-5-4-6-20-12/h4-6,10-11,16H,3,7-9H2,1-2H3,(H,18,19). The Balaban J connectivity index is 2.80. The SMILES string of the molecule is CCC(CO)N(CC(C)C(=O)O)C(=O)Cc1cccs1. The number of amides is 1. The zero-order valence-corrected chi connectivity index (χ0v) is 12.6. The Morgan fingerprint density at radius 1 is 1.45 bits per heavy atom. The van der Waals surface area contributed by atoms with Crippen LogP contribution in [0.2, 0.25) is 0 Å². The summed E-state index contributed by atoms with van der Waals surface area (Å²) in [6, 6.07) is 3.42. The number of carboxylic acid groups (broad SMARTS) is 1. The van der Waals surface area contributed by atoms with Crippen LogP contribution in [0.1, 0.15) is 25.1 Å². The molecule has 2 atom stereocenters. The molecule has 0 fully saturated rings. The van der Waals surface area contributed by atoms with E-state index in [9.17, 15) is 14.7 Å². The van der Waals surface area contributed by atoms with Crippen LogP contribution < -0.4 is 0 Å². The van der Waals surface area contributed by atoms with Gasteiger partial charge in [-0.05, 0) is 17.9 Å². The van der Waals surface area contributed by atoms with E-state index in [4.69, 9.17) is 5.11 Å². The molecule has 1 aromatic rings. The molecular weight excluding hydrogens is 278 g/mol. The van der Waals surface area contributed by atoms with E-state index in [0.29, 0.717) is 6.42 Å². The number of aliphatic hydroxyl groups is 1. The Labute approximate surface area is 122 Å². The van der Waals surface area contributed by atoms with E-state index in [1.54, 1.807) is 6.92 Å². The molecule has 112 valence electrons. The summed E-state index contributed by atoms with van der Waals surface area (Å²) in [7, 11) is 0. The number of thiophene rings is 1. The summed E-state index contributed by atoms with van der Waals surface area (Å²) in [5.41, 5.74) is 0. The second kappa shape index (κ2) is 8.01. The number of aliphatic hydroxyl groups excluding tert-OH is 1. The third-order valence-electron chi connectivity index (χ3n) is 3.24. The quantitative estimate of drug-likeness (QED) is 0.764. The van der Waals surface area contributed by atoms with Crippen LogP contribution in [0.5, 0.6) is 0 Å². The van der Waals surface area contributed by atoms with Gasteiger partial charge < -0.3 is 15.1 Å². The van der Waals surface area contributed by atoms with E-state index in [2.05, 4.69) is 0 Å². The lowest BCUT2D eigenvalue weighted by atomic mass is 10.1. The Morgan fingerprint density at radius 3 is 2.60 bits per heavy atom. The molecule has 1 aromatic heterocycles. The number of carbonyl (C=O) groups is 2. The summed E-state index contributed by atoms with van der Waals surface area (Å²) in [6.45, 7) is 3.41. The largest absolute Gasteiger partial charge is 0.481 e. The minimum absolute atomic E-state index is 0.124. The molecular formula is C14H21NO4S. The van der Waals surface area contributed by atoms with Crippen LogP contribution in [-0.4, -0.2) is 46.2 Å². The van der Waals surface area contributed by atoms with Crippen molar-refractivity contribution in [3.8, 4) is 0 Å². The molecule has 0 radical (unpaired) electrons. The van der Waals surface area contributed by atoms with Crippen molar-refractivity contribution in [3.63, 3.8) is 0 Å². The maximum Gasteiger partial charge on any atom is 0.308 e. The normalized spacial score (nSPS) is 13.8. The molecule has 1 amide bonds. The van der Waals surface area contributed by atoms with Gasteiger partial charge in [0.2, 0.25) is 5.91 Å². The maximum absolute atomic E-state index is 12.4. The van der Waals surface area contributed by atoms with Crippen LogP contribution in [-0.2, 0) is 16.0 Å². The average molecular weight is 299 g/mol. The zero-order valence-electron chi connectivity index (χ0n) is 11.8. The molecule has 2 unspecified atom stereocenters. The minimum atomic E-state index is -0.938. The van der Waals surface area contributed by atoms with Crippen LogP contribution in [0.25, 0.3) is 0 Å². The summed E-state index contributed by atoms with van der Waals surface area (Å²) in [5, 5.41) is 20.3. The number of hydrogen-bond acceptors (Lipinski definition) is 4. The third-order valence-corrected chi connectivity index (χ3v) is 4.12. The van der Waals surface area contributed by atoms with Gasteiger partial charge in [0, 0.05) is 11.4 Å². The molecule has 1 heterocycles. The molecule has 6 heteroatoms. The number of carboxylic acids is 1. The highest BCUT2D eigenvalue weighted by Crippen LogP contribution is 2.15. The van der Waals surface area contributed by atoms with Gasteiger partial charge in [-0.2, -0.15) is 0 Å². The van der Waals surface area contributed by atoms with Gasteiger partial charge >= 0.3 is 5.97 Å². The number of carbonyl (C=O) groups excluding carboxylic acids is 1. The van der Waals surface area contributed by atoms with Crippen molar-refractivity contribution in [1.29, 1.82) is 0 Å². The number of aliphatic carboxylic acids is 1. The van der Waals surface area contributed by atoms with E-state index in [1.807, 2.05) is 24.4 Å². The Kier molecular flexibility index (Phi) is 6.67. The fraction of sp³-hybridized carbons (Fsp3) is 0.571.